The number of ether oxygens (including phenoxy) is 2. The van der Waals surface area contributed by atoms with E-state index in [1.54, 1.807) is 0 Å². The molecule has 1 saturated carbocycles. The zero-order chi connectivity index (χ0) is 16.4. The maximum Gasteiger partial charge on any atom is 0.333 e. The molecule has 0 aromatic carbocycles. The van der Waals surface area contributed by atoms with Crippen molar-refractivity contribution in [3.8, 4) is 0 Å². The lowest BCUT2D eigenvalue weighted by Crippen LogP contribution is -2.41. The lowest BCUT2D eigenvalue weighted by atomic mass is 9.60. The molecule has 0 saturated heterocycles. The predicted octanol–water partition coefficient (Wildman–Crippen LogP) is 3.28. The molecule has 22 heavy (non-hydrogen) atoms. The Balaban J connectivity index is 2.26. The fourth-order valence-corrected chi connectivity index (χ4v) is 4.03. The minimum Gasteiger partial charge on any atom is -0.466 e. The number of fused-ring (bicyclic) bond motifs is 1. The van der Waals surface area contributed by atoms with E-state index in [4.69, 9.17) is 9.47 Å². The van der Waals surface area contributed by atoms with Crippen LogP contribution in [0.4, 0.5) is 0 Å². The number of rotatable bonds is 3. The molecule has 0 N–H and O–H groups in total. The number of allylic oxidation sites excluding steroid dienone is 1. The Morgan fingerprint density at radius 1 is 1.32 bits per heavy atom. The molecule has 1 fully saturated rings. The normalized spacial score (nSPS) is 34.2. The zero-order valence-electron chi connectivity index (χ0n) is 13.9. The largest absolute Gasteiger partial charge is 0.466 e. The maximum atomic E-state index is 11.8. The second-order valence-electron chi connectivity index (χ2n) is 6.66. The van der Waals surface area contributed by atoms with E-state index in [9.17, 15) is 9.59 Å². The van der Waals surface area contributed by atoms with Crippen molar-refractivity contribution in [3.05, 3.63) is 23.8 Å². The Morgan fingerprint density at radius 2 is 2.00 bits per heavy atom. The zero-order valence-corrected chi connectivity index (χ0v) is 13.9. The van der Waals surface area contributed by atoms with Crippen LogP contribution in [0, 0.1) is 23.7 Å². The van der Waals surface area contributed by atoms with Crippen LogP contribution in [0.1, 0.15) is 40.0 Å². The molecule has 0 bridgehead atoms. The van der Waals surface area contributed by atoms with Gasteiger partial charge in [-0.2, -0.15) is 0 Å². The molecule has 5 atom stereocenters. The molecule has 4 heteroatoms. The van der Waals surface area contributed by atoms with Crippen molar-refractivity contribution >= 4 is 11.9 Å². The minimum absolute atomic E-state index is 0.127. The molecule has 0 spiro atoms. The van der Waals surface area contributed by atoms with Gasteiger partial charge in [-0.3, -0.25) is 4.79 Å². The van der Waals surface area contributed by atoms with Crippen LogP contribution in [0.5, 0.6) is 0 Å². The lowest BCUT2D eigenvalue weighted by molar-refractivity contribution is -0.146. The van der Waals surface area contributed by atoms with Gasteiger partial charge in [-0.15, -0.1) is 0 Å². The molecule has 122 valence electrons. The molecule has 4 unspecified atom stereocenters. The summed E-state index contributed by atoms with van der Waals surface area (Å²) in [5.41, 5.74) is 1.65. The van der Waals surface area contributed by atoms with Gasteiger partial charge in [-0.05, 0) is 55.4 Å². The Morgan fingerprint density at radius 3 is 2.59 bits per heavy atom. The van der Waals surface area contributed by atoms with Gasteiger partial charge < -0.3 is 9.47 Å². The monoisotopic (exact) mass is 306 g/mol. The molecule has 0 heterocycles. The molecule has 2 aliphatic rings. The third-order valence-electron chi connectivity index (χ3n) is 5.28. The first-order chi connectivity index (χ1) is 10.3. The van der Waals surface area contributed by atoms with Gasteiger partial charge in [0.05, 0.1) is 7.11 Å². The highest BCUT2D eigenvalue weighted by molar-refractivity contribution is 5.88. The predicted molar refractivity (Wildman–Crippen MR) is 84.0 cm³/mol. The van der Waals surface area contributed by atoms with Crippen LogP contribution < -0.4 is 0 Å². The van der Waals surface area contributed by atoms with E-state index in [0.29, 0.717) is 17.4 Å². The second kappa shape index (κ2) is 6.67. The summed E-state index contributed by atoms with van der Waals surface area (Å²) in [6, 6.07) is 0. The van der Waals surface area contributed by atoms with Crippen molar-refractivity contribution in [1.29, 1.82) is 0 Å². The smallest absolute Gasteiger partial charge is 0.333 e. The molecule has 2 rings (SSSR count). The fraction of sp³-hybridized carbons (Fsp3) is 0.667. The van der Waals surface area contributed by atoms with Crippen molar-refractivity contribution in [2.45, 2.75) is 46.1 Å². The highest BCUT2D eigenvalue weighted by atomic mass is 16.5. The molecule has 0 aliphatic heterocycles. The van der Waals surface area contributed by atoms with E-state index in [1.807, 2.05) is 6.92 Å². The van der Waals surface area contributed by atoms with Gasteiger partial charge in [0.15, 0.2) is 0 Å². The fourth-order valence-electron chi connectivity index (χ4n) is 4.03. The van der Waals surface area contributed by atoms with Crippen molar-refractivity contribution in [1.82, 2.24) is 0 Å². The molecular formula is C18H26O4. The van der Waals surface area contributed by atoms with Gasteiger partial charge in [-0.25, -0.2) is 4.79 Å². The molecule has 0 amide bonds. The van der Waals surface area contributed by atoms with Crippen molar-refractivity contribution in [2.75, 3.05) is 7.11 Å². The summed E-state index contributed by atoms with van der Waals surface area (Å²) in [6.07, 6.45) is 4.90. The van der Waals surface area contributed by atoms with E-state index in [1.165, 1.54) is 14.0 Å². The average molecular weight is 306 g/mol. The second-order valence-corrected chi connectivity index (χ2v) is 6.66. The molecule has 4 nitrogen and oxygen atoms in total. The number of esters is 2. The van der Waals surface area contributed by atoms with Crippen LogP contribution in [0.25, 0.3) is 0 Å². The first-order valence-corrected chi connectivity index (χ1v) is 7.97. The number of carbonyl (C=O) groups excluding carboxylic acids is 2. The Kier molecular flexibility index (Phi) is 5.09. The van der Waals surface area contributed by atoms with Crippen molar-refractivity contribution in [3.63, 3.8) is 0 Å². The van der Waals surface area contributed by atoms with E-state index in [2.05, 4.69) is 19.6 Å². The van der Waals surface area contributed by atoms with Crippen LogP contribution in [0.3, 0.4) is 0 Å². The van der Waals surface area contributed by atoms with Gasteiger partial charge in [0.25, 0.3) is 0 Å². The SMILES string of the molecule is C=C(C(=O)OC)C1CC[C@@H](C)C2CC(OC(C)=O)C(C)=CC12. The average Bonchev–Trinajstić information content (AvgIpc) is 2.47. The summed E-state index contributed by atoms with van der Waals surface area (Å²) in [5, 5.41) is 0. The van der Waals surface area contributed by atoms with Gasteiger partial charge >= 0.3 is 11.9 Å². The minimum atomic E-state index is -0.313. The number of hydrogen-bond acceptors (Lipinski definition) is 4. The van der Waals surface area contributed by atoms with Gasteiger partial charge in [-0.1, -0.05) is 19.6 Å². The summed E-state index contributed by atoms with van der Waals surface area (Å²) in [5.74, 6) is 0.813. The van der Waals surface area contributed by atoms with Crippen LogP contribution in [0.2, 0.25) is 0 Å². The molecule has 2 aliphatic carbocycles. The van der Waals surface area contributed by atoms with E-state index in [-0.39, 0.29) is 29.9 Å². The molecule has 0 aromatic rings. The van der Waals surface area contributed by atoms with Crippen molar-refractivity contribution in [2.24, 2.45) is 23.7 Å². The first kappa shape index (κ1) is 16.8. The van der Waals surface area contributed by atoms with Gasteiger partial charge in [0.1, 0.15) is 6.10 Å². The van der Waals surface area contributed by atoms with E-state index in [0.717, 1.165) is 24.8 Å². The highest BCUT2D eigenvalue weighted by Gasteiger charge is 2.43. The maximum absolute atomic E-state index is 11.8. The molecule has 0 radical (unpaired) electrons. The summed E-state index contributed by atoms with van der Waals surface area (Å²) in [7, 11) is 1.40. The van der Waals surface area contributed by atoms with E-state index < -0.39 is 0 Å². The van der Waals surface area contributed by atoms with Crippen LogP contribution >= 0.6 is 0 Å². The Hall–Kier alpha value is -1.58. The number of carbonyl (C=O) groups is 2. The summed E-state index contributed by atoms with van der Waals surface area (Å²) in [4.78, 5) is 23.1. The van der Waals surface area contributed by atoms with Crippen LogP contribution in [-0.2, 0) is 19.1 Å². The Labute approximate surface area is 132 Å². The quantitative estimate of drug-likeness (QED) is 0.456. The highest BCUT2D eigenvalue weighted by Crippen LogP contribution is 2.48. The lowest BCUT2D eigenvalue weighted by Gasteiger charge is -2.45. The third-order valence-corrected chi connectivity index (χ3v) is 5.28. The molecule has 0 aromatic heterocycles. The molecular weight excluding hydrogens is 280 g/mol. The van der Waals surface area contributed by atoms with Crippen molar-refractivity contribution < 1.29 is 19.1 Å². The van der Waals surface area contributed by atoms with Crippen LogP contribution in [0.15, 0.2) is 23.8 Å². The Bertz CT molecular complexity index is 505. The summed E-state index contributed by atoms with van der Waals surface area (Å²) < 4.78 is 10.3. The van der Waals surface area contributed by atoms with Gasteiger partial charge in [0, 0.05) is 12.5 Å². The number of methoxy groups -OCH3 is 1. The first-order valence-electron chi connectivity index (χ1n) is 7.97. The van der Waals surface area contributed by atoms with Crippen LogP contribution in [-0.4, -0.2) is 25.2 Å². The summed E-state index contributed by atoms with van der Waals surface area (Å²) >= 11 is 0. The standard InChI is InChI=1S/C18H26O4/c1-10-6-7-14(12(3)18(20)21-5)16-8-11(2)17(9-15(10)16)22-13(4)19/h8,10,14-17H,3,6-7,9H2,1-2,4-5H3/t10-,14?,15?,16?,17?/m1/s1. The number of hydrogen-bond donors (Lipinski definition) is 0. The van der Waals surface area contributed by atoms with E-state index >= 15 is 0 Å². The topological polar surface area (TPSA) is 52.6 Å². The third kappa shape index (κ3) is 3.26. The van der Waals surface area contributed by atoms with Gasteiger partial charge in [0.2, 0.25) is 0 Å². The summed E-state index contributed by atoms with van der Waals surface area (Å²) in [6.45, 7) is 9.66.